The number of benzene rings is 3. The van der Waals surface area contributed by atoms with E-state index in [0.29, 0.717) is 6.07 Å². The second-order valence-corrected chi connectivity index (χ2v) is 7.43. The van der Waals surface area contributed by atoms with Gasteiger partial charge in [-0.05, 0) is 18.2 Å². The molecule has 7 nitrogen and oxygen atoms in total. The van der Waals surface area contributed by atoms with Crippen molar-refractivity contribution in [2.45, 2.75) is 18.7 Å². The Labute approximate surface area is 196 Å². The summed E-state index contributed by atoms with van der Waals surface area (Å²) in [5.74, 6) is -1.91. The van der Waals surface area contributed by atoms with Crippen LogP contribution in [0.3, 0.4) is 0 Å². The monoisotopic (exact) mass is 492 g/mol. The largest absolute Gasteiger partial charge is 0.447 e. The minimum atomic E-state index is -4.67. The summed E-state index contributed by atoms with van der Waals surface area (Å²) in [6, 6.07) is 15.7. The second kappa shape index (κ2) is 10.3. The first-order valence-electron chi connectivity index (χ1n) is 9.70. The van der Waals surface area contributed by atoms with Crippen LogP contribution in [0.2, 0.25) is 5.02 Å². The molecule has 176 valence electrons. The Morgan fingerprint density at radius 1 is 1.03 bits per heavy atom. The van der Waals surface area contributed by atoms with Gasteiger partial charge in [-0.2, -0.15) is 13.2 Å². The molecule has 3 rings (SSSR count). The van der Waals surface area contributed by atoms with E-state index in [1.165, 1.54) is 36.4 Å². The SMILES string of the molecule is O=C(Cc1ccccc1[N+](=O)[O-])OC(C(=O)Nc1cc(C(F)(F)F)ccc1Cl)c1ccccc1. The third-order valence-electron chi connectivity index (χ3n) is 4.66. The van der Waals surface area contributed by atoms with Gasteiger partial charge in [-0.1, -0.05) is 60.1 Å². The first-order valence-corrected chi connectivity index (χ1v) is 10.1. The molecular weight excluding hydrogens is 477 g/mol. The number of nitrogens with zero attached hydrogens (tertiary/aromatic N) is 1. The highest BCUT2D eigenvalue weighted by Crippen LogP contribution is 2.34. The van der Waals surface area contributed by atoms with Gasteiger partial charge in [0.2, 0.25) is 6.10 Å². The van der Waals surface area contributed by atoms with Crippen LogP contribution in [0.25, 0.3) is 0 Å². The van der Waals surface area contributed by atoms with E-state index in [9.17, 15) is 32.9 Å². The van der Waals surface area contributed by atoms with Crippen LogP contribution in [-0.2, 0) is 26.9 Å². The summed E-state index contributed by atoms with van der Waals surface area (Å²) >= 11 is 5.95. The molecule has 0 saturated heterocycles. The first-order chi connectivity index (χ1) is 16.1. The summed E-state index contributed by atoms with van der Waals surface area (Å²) in [5, 5.41) is 13.3. The summed E-state index contributed by atoms with van der Waals surface area (Å²) in [4.78, 5) is 36.1. The fourth-order valence-electron chi connectivity index (χ4n) is 3.06. The highest BCUT2D eigenvalue weighted by atomic mass is 35.5. The van der Waals surface area contributed by atoms with Crippen LogP contribution in [0, 0.1) is 10.1 Å². The van der Waals surface area contributed by atoms with Crippen molar-refractivity contribution < 1.29 is 32.4 Å². The van der Waals surface area contributed by atoms with Crippen LogP contribution in [0.1, 0.15) is 22.8 Å². The number of hydrogen-bond acceptors (Lipinski definition) is 5. The van der Waals surface area contributed by atoms with Gasteiger partial charge in [-0.3, -0.25) is 19.7 Å². The number of esters is 1. The minimum absolute atomic E-state index is 0.0747. The predicted octanol–water partition coefficient (Wildman–Crippen LogP) is 5.73. The van der Waals surface area contributed by atoms with E-state index in [0.717, 1.165) is 12.1 Å². The van der Waals surface area contributed by atoms with E-state index in [1.54, 1.807) is 18.2 Å². The predicted molar refractivity (Wildman–Crippen MR) is 117 cm³/mol. The van der Waals surface area contributed by atoms with Crippen LogP contribution in [0.4, 0.5) is 24.5 Å². The zero-order valence-corrected chi connectivity index (χ0v) is 18.0. The normalized spacial score (nSPS) is 12.0. The van der Waals surface area contributed by atoms with Crippen LogP contribution in [-0.4, -0.2) is 16.8 Å². The molecule has 1 unspecified atom stereocenters. The fourth-order valence-corrected chi connectivity index (χ4v) is 3.23. The summed E-state index contributed by atoms with van der Waals surface area (Å²) in [6.45, 7) is 0. The molecular formula is C23H16ClF3N2O5. The Balaban J connectivity index is 1.86. The summed E-state index contributed by atoms with van der Waals surface area (Å²) in [7, 11) is 0. The number of para-hydroxylation sites is 1. The zero-order chi connectivity index (χ0) is 24.9. The summed E-state index contributed by atoms with van der Waals surface area (Å²) in [5.41, 5.74) is -1.34. The standard InChI is InChI=1S/C23H16ClF3N2O5/c24-17-11-10-16(23(25,26)27)13-18(17)28-22(31)21(14-6-2-1-3-7-14)34-20(30)12-15-8-4-5-9-19(15)29(32)33/h1-11,13,21H,12H2,(H,28,31). The fraction of sp³-hybridized carbons (Fsp3) is 0.130. The number of alkyl halides is 3. The second-order valence-electron chi connectivity index (χ2n) is 7.02. The van der Waals surface area contributed by atoms with Crippen LogP contribution in [0.15, 0.2) is 72.8 Å². The number of amides is 1. The van der Waals surface area contributed by atoms with Gasteiger partial charge >= 0.3 is 12.1 Å². The maximum Gasteiger partial charge on any atom is 0.416 e. The molecule has 11 heteroatoms. The third-order valence-corrected chi connectivity index (χ3v) is 4.99. The molecule has 3 aromatic rings. The van der Waals surface area contributed by atoms with Gasteiger partial charge in [0.1, 0.15) is 0 Å². The molecule has 0 aliphatic heterocycles. The van der Waals surface area contributed by atoms with Crippen LogP contribution >= 0.6 is 11.6 Å². The van der Waals surface area contributed by atoms with Crippen molar-refractivity contribution in [2.75, 3.05) is 5.32 Å². The van der Waals surface area contributed by atoms with Crippen molar-refractivity contribution in [2.24, 2.45) is 0 Å². The maximum atomic E-state index is 13.1. The Hall–Kier alpha value is -3.92. The van der Waals surface area contributed by atoms with E-state index < -0.39 is 41.1 Å². The highest BCUT2D eigenvalue weighted by Gasteiger charge is 2.32. The molecule has 34 heavy (non-hydrogen) atoms. The number of carbonyl (C=O) groups excluding carboxylic acids is 2. The van der Waals surface area contributed by atoms with Crippen LogP contribution in [0.5, 0.6) is 0 Å². The van der Waals surface area contributed by atoms with Crippen molar-refractivity contribution >= 4 is 34.9 Å². The van der Waals surface area contributed by atoms with E-state index in [1.807, 2.05) is 0 Å². The van der Waals surface area contributed by atoms with Crippen molar-refractivity contribution in [1.82, 2.24) is 0 Å². The number of hydrogen-bond donors (Lipinski definition) is 1. The Kier molecular flexibility index (Phi) is 7.52. The van der Waals surface area contributed by atoms with Gasteiger partial charge in [0, 0.05) is 17.2 Å². The van der Waals surface area contributed by atoms with Gasteiger partial charge in [-0.25, -0.2) is 0 Å². The lowest BCUT2D eigenvalue weighted by molar-refractivity contribution is -0.385. The number of nitrogens with one attached hydrogen (secondary N) is 1. The van der Waals surface area contributed by atoms with Gasteiger partial charge in [-0.15, -0.1) is 0 Å². The molecule has 0 saturated carbocycles. The molecule has 0 aliphatic carbocycles. The molecule has 0 aliphatic rings. The van der Waals surface area contributed by atoms with Crippen molar-refractivity contribution in [3.8, 4) is 0 Å². The number of nitro groups is 1. The first kappa shape index (κ1) is 24.7. The van der Waals surface area contributed by atoms with Gasteiger partial charge in [0.15, 0.2) is 0 Å². The lowest BCUT2D eigenvalue weighted by Crippen LogP contribution is -2.27. The van der Waals surface area contributed by atoms with Crippen LogP contribution < -0.4 is 5.32 Å². The quantitative estimate of drug-likeness (QED) is 0.258. The average molecular weight is 493 g/mol. The minimum Gasteiger partial charge on any atom is -0.447 e. The molecule has 0 radical (unpaired) electrons. The number of rotatable bonds is 7. The zero-order valence-electron chi connectivity index (χ0n) is 17.2. The van der Waals surface area contributed by atoms with E-state index >= 15 is 0 Å². The molecule has 0 fully saturated rings. The third kappa shape index (κ3) is 6.10. The molecule has 0 heterocycles. The van der Waals surface area contributed by atoms with E-state index in [4.69, 9.17) is 16.3 Å². The lowest BCUT2D eigenvalue weighted by Gasteiger charge is -2.19. The molecule has 0 aromatic heterocycles. The summed E-state index contributed by atoms with van der Waals surface area (Å²) in [6.07, 6.45) is -6.72. The molecule has 1 N–H and O–H groups in total. The van der Waals surface area contributed by atoms with Gasteiger partial charge in [0.25, 0.3) is 11.6 Å². The number of ether oxygens (including phenoxy) is 1. The topological polar surface area (TPSA) is 98.5 Å². The Bertz CT molecular complexity index is 1220. The van der Waals surface area contributed by atoms with Gasteiger partial charge in [0.05, 0.1) is 27.6 Å². The number of carbonyl (C=O) groups is 2. The molecule has 1 atom stereocenters. The van der Waals surface area contributed by atoms with Gasteiger partial charge < -0.3 is 10.1 Å². The smallest absolute Gasteiger partial charge is 0.416 e. The van der Waals surface area contributed by atoms with Crippen molar-refractivity contribution in [1.29, 1.82) is 0 Å². The van der Waals surface area contributed by atoms with E-state index in [-0.39, 0.29) is 27.5 Å². The Morgan fingerprint density at radius 3 is 2.32 bits per heavy atom. The molecule has 0 bridgehead atoms. The number of anilines is 1. The van der Waals surface area contributed by atoms with E-state index in [2.05, 4.69) is 5.32 Å². The molecule has 1 amide bonds. The number of nitro benzene ring substituents is 1. The molecule has 3 aromatic carbocycles. The summed E-state index contributed by atoms with van der Waals surface area (Å²) < 4.78 is 44.5. The number of halogens is 4. The highest BCUT2D eigenvalue weighted by molar-refractivity contribution is 6.33. The maximum absolute atomic E-state index is 13.1. The Morgan fingerprint density at radius 2 is 1.68 bits per heavy atom. The lowest BCUT2D eigenvalue weighted by atomic mass is 10.1. The van der Waals surface area contributed by atoms with Crippen molar-refractivity contribution in [3.05, 3.63) is 105 Å². The average Bonchev–Trinajstić information content (AvgIpc) is 2.79. The van der Waals surface area contributed by atoms with Crippen molar-refractivity contribution in [3.63, 3.8) is 0 Å². The molecule has 0 spiro atoms.